The van der Waals surface area contributed by atoms with Crippen LogP contribution in [-0.2, 0) is 73.8 Å². The number of unbranched alkanes of at least 4 members (excludes halogenated alkanes) is 2. The van der Waals surface area contributed by atoms with Crippen molar-refractivity contribution in [3.05, 3.63) is 113 Å². The first-order valence-corrected chi connectivity index (χ1v) is 35.6. The number of aromatic nitrogens is 6. The van der Waals surface area contributed by atoms with Gasteiger partial charge in [-0.3, -0.25) is 66.9 Å². The number of carbonyl (C=O) groups excluding carboxylic acids is 8. The van der Waals surface area contributed by atoms with Gasteiger partial charge in [0.25, 0.3) is 23.3 Å². The molecule has 0 radical (unpaired) electrons. The molecule has 3 aliphatic heterocycles. The van der Waals surface area contributed by atoms with Gasteiger partial charge in [0, 0.05) is 81.1 Å². The molecular weight excluding hydrogens is 1320 g/mol. The number of benzene rings is 2. The van der Waals surface area contributed by atoms with Crippen molar-refractivity contribution in [3.63, 3.8) is 0 Å². The molecule has 11 atom stereocenters. The predicted octanol–water partition coefficient (Wildman–Crippen LogP) is 4.44. The van der Waals surface area contributed by atoms with Gasteiger partial charge in [-0.15, -0.1) is 0 Å². The molecule has 1 saturated carbocycles. The largest absolute Gasteiger partial charge is 0.474 e. The number of thiol groups is 2. The maximum atomic E-state index is 14.0. The highest BCUT2D eigenvalue weighted by molar-refractivity contribution is 8.44. The number of imidazole rings is 1. The molecule has 37 heteroatoms. The highest BCUT2D eigenvalue weighted by atomic mass is 32.7. The lowest BCUT2D eigenvalue weighted by Gasteiger charge is -2.26. The summed E-state index contributed by atoms with van der Waals surface area (Å²) in [5, 5.41) is 24.9. The second kappa shape index (κ2) is 32.1. The number of urea groups is 1. The van der Waals surface area contributed by atoms with E-state index >= 15 is 0 Å². The number of aliphatic hydroxyl groups excluding tert-OH is 1. The fourth-order valence-electron chi connectivity index (χ4n) is 10.8. The Balaban J connectivity index is 0.785. The molecule has 2 aromatic carbocycles. The van der Waals surface area contributed by atoms with Gasteiger partial charge in [-0.2, -0.15) is 4.98 Å². The zero-order valence-electron chi connectivity index (χ0n) is 51.5. The molecule has 510 valence electrons. The van der Waals surface area contributed by atoms with E-state index in [-0.39, 0.29) is 111 Å². The first kappa shape index (κ1) is 71.2. The van der Waals surface area contributed by atoms with Gasteiger partial charge in [0.05, 0.1) is 25.6 Å². The molecule has 6 heterocycles. The number of nitrogens with two attached hydrogens (primary N) is 1. The van der Waals surface area contributed by atoms with Crippen molar-refractivity contribution in [1.82, 2.24) is 55.2 Å². The fourth-order valence-corrected chi connectivity index (χ4v) is 13.9. The van der Waals surface area contributed by atoms with Crippen LogP contribution in [0.2, 0.25) is 0 Å². The van der Waals surface area contributed by atoms with Gasteiger partial charge in [-0.1, -0.05) is 75.1 Å². The Kier molecular flexibility index (Phi) is 24.0. The van der Waals surface area contributed by atoms with Crippen LogP contribution in [0.5, 0.6) is 5.88 Å². The Morgan fingerprint density at radius 3 is 2.34 bits per heavy atom. The average molecular weight is 1400 g/mol. The number of amides is 9. The van der Waals surface area contributed by atoms with E-state index in [1.165, 1.54) is 47.3 Å². The van der Waals surface area contributed by atoms with Crippen LogP contribution in [0.25, 0.3) is 11.2 Å². The number of primary amides is 1. The van der Waals surface area contributed by atoms with E-state index in [2.05, 4.69) is 76.0 Å². The van der Waals surface area contributed by atoms with Crippen molar-refractivity contribution in [2.75, 3.05) is 44.0 Å². The second-order valence-electron chi connectivity index (χ2n) is 23.0. The molecule has 0 unspecified atom stereocenters. The van der Waals surface area contributed by atoms with Gasteiger partial charge in [0.15, 0.2) is 17.4 Å². The summed E-state index contributed by atoms with van der Waals surface area (Å²) in [6.07, 6.45) is 0.530. The van der Waals surface area contributed by atoms with Crippen LogP contribution < -0.4 is 42.6 Å². The molecule has 4 aliphatic rings. The van der Waals surface area contributed by atoms with Gasteiger partial charge in [-0.25, -0.2) is 33.7 Å². The highest BCUT2D eigenvalue weighted by Gasteiger charge is 2.51. The number of H-pyrrole nitrogens is 1. The van der Waals surface area contributed by atoms with E-state index in [1.807, 2.05) is 0 Å². The molecule has 3 fully saturated rings. The lowest BCUT2D eigenvalue weighted by atomic mass is 10.0. The lowest BCUT2D eigenvalue weighted by molar-refractivity contribution is -0.137. The minimum absolute atomic E-state index is 0.0717. The number of carbonyl (C=O) groups is 8. The highest BCUT2D eigenvalue weighted by Crippen LogP contribution is 2.60. The summed E-state index contributed by atoms with van der Waals surface area (Å²) in [7, 11) is 1.45. The van der Waals surface area contributed by atoms with Crippen LogP contribution in [0.15, 0.2) is 90.4 Å². The van der Waals surface area contributed by atoms with Crippen LogP contribution in [0.3, 0.4) is 0 Å². The van der Waals surface area contributed by atoms with E-state index in [4.69, 9.17) is 38.0 Å². The molecule has 3 aromatic heterocycles. The molecule has 33 nitrogen and oxygen atoms in total. The van der Waals surface area contributed by atoms with Crippen LogP contribution in [-0.4, -0.2) is 168 Å². The second-order valence-corrected chi connectivity index (χ2v) is 28.8. The number of anilines is 2. The maximum Gasteiger partial charge on any atom is 0.410 e. The molecule has 2 saturated heterocycles. The SMILES string of the molecule is CC(C)[C@H](NC(=O)CCCCCN1C(=O)C=CC1=O)C(=O)N[C@@H](CCCNC(N)=O)C(=O)Nc1ccc(COC(=O)N(C)Cc2ccccc2C(=O)Nc2nc3c(ncn3[C@@H]3O[C@H]4CO[P@@](=O)(S)O[C@H]5C[C@H](Oc6ccncn6)C[C@@H]5CO[P@@](=O)(S)O[C@@H]3[C@@H]4O)c(=O)[nH]2)cc1. The van der Waals surface area contributed by atoms with Gasteiger partial charge in [0.2, 0.25) is 29.5 Å². The maximum absolute atomic E-state index is 14.0. The van der Waals surface area contributed by atoms with E-state index < -0.39 is 116 Å². The Hall–Kier alpha value is -8.11. The molecule has 9 amide bonds. The molecule has 2 bridgehead atoms. The summed E-state index contributed by atoms with van der Waals surface area (Å²) in [6, 6.07) is 11.3. The predicted molar refractivity (Wildman–Crippen MR) is 343 cm³/mol. The van der Waals surface area contributed by atoms with Crippen molar-refractivity contribution >= 4 is 108 Å². The summed E-state index contributed by atoms with van der Waals surface area (Å²) in [5.41, 5.74) is 5.25. The van der Waals surface area contributed by atoms with Gasteiger partial charge in [0.1, 0.15) is 49.4 Å². The van der Waals surface area contributed by atoms with Crippen molar-refractivity contribution in [3.8, 4) is 5.88 Å². The first-order valence-electron chi connectivity index (χ1n) is 30.2. The first-order chi connectivity index (χ1) is 45.3. The van der Waals surface area contributed by atoms with Crippen LogP contribution in [0, 0.1) is 11.8 Å². The van der Waals surface area contributed by atoms with Crippen molar-refractivity contribution < 1.29 is 84.9 Å². The van der Waals surface area contributed by atoms with Crippen molar-refractivity contribution in [2.24, 2.45) is 17.6 Å². The van der Waals surface area contributed by atoms with Gasteiger partial charge < -0.3 is 55.7 Å². The third-order valence-corrected chi connectivity index (χ3v) is 18.9. The molecule has 0 spiro atoms. The van der Waals surface area contributed by atoms with Gasteiger partial charge >= 0.3 is 25.7 Å². The summed E-state index contributed by atoms with van der Waals surface area (Å²) < 4.78 is 69.8. The van der Waals surface area contributed by atoms with Crippen molar-refractivity contribution in [1.29, 1.82) is 0 Å². The molecule has 9 rings (SSSR count). The standard InChI is InChI=1S/C58H72N14O19P2S2/c1-32(2)46(66-42(73)13-5-4-8-23-71-44(74)18-19-45(71)75)53(79)65-39(12-9-21-61-56(59)81)52(78)64-36-16-14-33(15-17-36)27-85-58(82)70(3)26-34-10-6-7-11-38(34)51(77)68-57-67-50-47(54(80)69-57)63-31-72(50)55-49-48(76)41(89-55)29-87-92(83,94)90-40-25-37(88-43-20-22-60-30-62-43)24-35(40)28-86-93(84,95)91-49/h6-7,10-11,14-20,22,30-32,35,37,39-41,46,48-49,55,76H,4-5,8-9,12-13,21,23-29H2,1-3H3,(H,64,78)(H,65,79)(H,66,73)(H,83,94)(H,84,95)(H3,59,61,81)(H2,67,68,69,77,80)/t35-,37-,39+,40+,41+,46+,48-,49-,55-,92-,93-/m1/s1. The third kappa shape index (κ3) is 19.3. The zero-order chi connectivity index (χ0) is 68.1. The number of nitrogens with zero attached hydrogens (tertiary/aromatic N) is 7. The molecular formula is C58H72N14O19P2S2. The number of nitrogens with one attached hydrogen (secondary N) is 6. The normalized spacial score (nSPS) is 24.1. The topological polar surface area (TPSA) is 438 Å². The Morgan fingerprint density at radius 1 is 0.874 bits per heavy atom. The van der Waals surface area contributed by atoms with Crippen LogP contribution in [0.4, 0.5) is 21.2 Å². The summed E-state index contributed by atoms with van der Waals surface area (Å²) in [6.45, 7) is -6.03. The number of hydrogen-bond acceptors (Lipinski definition) is 23. The fraction of sp³-hybridized carbons (Fsp3) is 0.466. The van der Waals surface area contributed by atoms with E-state index in [9.17, 15) is 57.4 Å². The summed E-state index contributed by atoms with van der Waals surface area (Å²) >= 11 is 8.43. The Morgan fingerprint density at radius 2 is 1.61 bits per heavy atom. The van der Waals surface area contributed by atoms with E-state index in [0.29, 0.717) is 36.1 Å². The number of hydrogen-bond donors (Lipinski definition) is 10. The number of imide groups is 1. The number of aromatic amines is 1. The average Bonchev–Trinajstić information content (AvgIpc) is 1.62. The molecule has 95 heavy (non-hydrogen) atoms. The smallest absolute Gasteiger partial charge is 0.410 e. The molecule has 1 aliphatic carbocycles. The minimum atomic E-state index is -4.39. The lowest BCUT2D eigenvalue weighted by Crippen LogP contribution is -2.54. The number of rotatable bonds is 25. The number of aliphatic hydroxyl groups is 1. The van der Waals surface area contributed by atoms with Gasteiger partial charge in [-0.05, 0) is 67.3 Å². The van der Waals surface area contributed by atoms with E-state index in [0.717, 1.165) is 11.2 Å². The molecule has 5 aromatic rings. The Labute approximate surface area is 553 Å². The zero-order valence-corrected chi connectivity index (χ0v) is 55.1. The monoisotopic (exact) mass is 1390 g/mol. The minimum Gasteiger partial charge on any atom is -0.474 e. The molecule has 9 N–H and O–H groups in total. The third-order valence-electron chi connectivity index (χ3n) is 15.7. The number of ether oxygens (including phenoxy) is 3. The summed E-state index contributed by atoms with van der Waals surface area (Å²) in [5.74, 6) is -4.20. The van der Waals surface area contributed by atoms with Crippen LogP contribution in [0.1, 0.15) is 92.9 Å². The Bertz CT molecular complexity index is 3810. The van der Waals surface area contributed by atoms with E-state index in [1.54, 1.807) is 62.4 Å². The van der Waals surface area contributed by atoms with Crippen LogP contribution >= 0.6 is 38.1 Å². The summed E-state index contributed by atoms with van der Waals surface area (Å²) in [4.78, 5) is 138. The number of fused-ring (bicyclic) bond motifs is 4. The van der Waals surface area contributed by atoms with Crippen molar-refractivity contribution in [2.45, 2.75) is 127 Å². The quantitative estimate of drug-likeness (QED) is 0.0167.